The number of allylic oxidation sites excluding steroid dienone is 1. The molecule has 0 aliphatic carbocycles. The average molecular weight is 356 g/mol. The minimum Gasteiger partial charge on any atom is -0.321 e. The van der Waals surface area contributed by atoms with Gasteiger partial charge in [0.2, 0.25) is 0 Å². The highest BCUT2D eigenvalue weighted by atomic mass is 15.2. The van der Waals surface area contributed by atoms with Crippen LogP contribution >= 0.6 is 0 Å². The van der Waals surface area contributed by atoms with Crippen LogP contribution in [0.5, 0.6) is 0 Å². The van der Waals surface area contributed by atoms with Crippen molar-refractivity contribution in [2.24, 2.45) is 0 Å². The molecule has 4 aromatic heterocycles. The first kappa shape index (κ1) is 16.6. The monoisotopic (exact) mass is 356 g/mol. The van der Waals surface area contributed by atoms with E-state index in [0.29, 0.717) is 30.4 Å². The number of rotatable bonds is 5. The summed E-state index contributed by atoms with van der Waals surface area (Å²) in [7, 11) is 0. The van der Waals surface area contributed by atoms with Crippen molar-refractivity contribution in [3.63, 3.8) is 0 Å². The van der Waals surface area contributed by atoms with E-state index in [9.17, 15) is 5.26 Å². The molecule has 0 aromatic carbocycles. The van der Waals surface area contributed by atoms with Crippen LogP contribution in [0, 0.1) is 11.3 Å². The van der Waals surface area contributed by atoms with Crippen LogP contribution in [0.3, 0.4) is 0 Å². The SMILES string of the molecule is C=C(C)Cn1c(Cn2ccnc2-c2ncccn2)nc2ccnc(C#N)c21. The van der Waals surface area contributed by atoms with Crippen molar-refractivity contribution in [3.05, 3.63) is 66.8 Å². The van der Waals surface area contributed by atoms with Crippen LogP contribution in [-0.2, 0) is 13.1 Å². The molecule has 0 aliphatic rings. The van der Waals surface area contributed by atoms with Crippen molar-refractivity contribution in [2.75, 3.05) is 0 Å². The van der Waals surface area contributed by atoms with Crippen LogP contribution in [0.2, 0.25) is 0 Å². The van der Waals surface area contributed by atoms with Crippen LogP contribution in [-0.4, -0.2) is 34.1 Å². The number of fused-ring (bicyclic) bond motifs is 1. The van der Waals surface area contributed by atoms with Gasteiger partial charge in [-0.25, -0.2) is 24.9 Å². The van der Waals surface area contributed by atoms with E-state index in [-0.39, 0.29) is 0 Å². The number of pyridine rings is 1. The Morgan fingerprint density at radius 2 is 1.96 bits per heavy atom. The van der Waals surface area contributed by atoms with Gasteiger partial charge in [-0.1, -0.05) is 12.2 Å². The molecule has 0 saturated heterocycles. The lowest BCUT2D eigenvalue weighted by molar-refractivity contribution is 0.675. The Morgan fingerprint density at radius 1 is 1.15 bits per heavy atom. The summed E-state index contributed by atoms with van der Waals surface area (Å²) in [5.41, 5.74) is 2.76. The summed E-state index contributed by atoms with van der Waals surface area (Å²) in [5.74, 6) is 1.99. The Labute approximate surface area is 155 Å². The average Bonchev–Trinajstić information content (AvgIpc) is 3.27. The highest BCUT2D eigenvalue weighted by Crippen LogP contribution is 2.22. The van der Waals surface area contributed by atoms with Gasteiger partial charge in [0, 0.05) is 37.5 Å². The van der Waals surface area contributed by atoms with Gasteiger partial charge in [-0.05, 0) is 19.1 Å². The summed E-state index contributed by atoms with van der Waals surface area (Å²) in [5, 5.41) is 9.45. The van der Waals surface area contributed by atoms with Crippen molar-refractivity contribution in [3.8, 4) is 17.7 Å². The van der Waals surface area contributed by atoms with Crippen molar-refractivity contribution >= 4 is 11.0 Å². The maximum Gasteiger partial charge on any atom is 0.195 e. The van der Waals surface area contributed by atoms with Gasteiger partial charge in [0.15, 0.2) is 17.3 Å². The van der Waals surface area contributed by atoms with Crippen LogP contribution in [0.4, 0.5) is 0 Å². The van der Waals surface area contributed by atoms with Crippen molar-refractivity contribution in [1.29, 1.82) is 5.26 Å². The maximum atomic E-state index is 9.45. The zero-order valence-electron chi connectivity index (χ0n) is 14.7. The van der Waals surface area contributed by atoms with Gasteiger partial charge >= 0.3 is 0 Å². The molecule has 0 fully saturated rings. The molecule has 0 unspecified atom stereocenters. The summed E-state index contributed by atoms with van der Waals surface area (Å²) >= 11 is 0. The summed E-state index contributed by atoms with van der Waals surface area (Å²) in [6.45, 7) is 6.96. The number of nitriles is 1. The summed E-state index contributed by atoms with van der Waals surface area (Å²) in [6.07, 6.45) is 8.54. The van der Waals surface area contributed by atoms with Gasteiger partial charge in [0.1, 0.15) is 17.4 Å². The lowest BCUT2D eigenvalue weighted by atomic mass is 10.3. The number of nitrogens with zero attached hydrogens (tertiary/aromatic N) is 8. The van der Waals surface area contributed by atoms with Crippen molar-refractivity contribution in [2.45, 2.75) is 20.0 Å². The Kier molecular flexibility index (Phi) is 4.18. The molecule has 0 atom stereocenters. The first-order chi connectivity index (χ1) is 13.2. The van der Waals surface area contributed by atoms with E-state index in [1.54, 1.807) is 30.9 Å². The van der Waals surface area contributed by atoms with E-state index in [4.69, 9.17) is 4.98 Å². The van der Waals surface area contributed by atoms with Gasteiger partial charge < -0.3 is 9.13 Å². The molecule has 132 valence electrons. The fourth-order valence-corrected chi connectivity index (χ4v) is 2.98. The molecule has 0 saturated carbocycles. The highest BCUT2D eigenvalue weighted by Gasteiger charge is 2.17. The second-order valence-electron chi connectivity index (χ2n) is 6.16. The minimum absolute atomic E-state index is 0.352. The first-order valence-electron chi connectivity index (χ1n) is 8.34. The molecule has 0 aliphatic heterocycles. The Hall–Kier alpha value is -3.86. The molecular weight excluding hydrogens is 340 g/mol. The Balaban J connectivity index is 1.83. The van der Waals surface area contributed by atoms with Crippen LogP contribution in [0.15, 0.2) is 55.3 Å². The summed E-state index contributed by atoms with van der Waals surface area (Å²) < 4.78 is 3.92. The molecule has 4 heterocycles. The second kappa shape index (κ2) is 6.80. The maximum absolute atomic E-state index is 9.45. The molecule has 0 N–H and O–H groups in total. The van der Waals surface area contributed by atoms with E-state index < -0.39 is 0 Å². The van der Waals surface area contributed by atoms with Gasteiger partial charge in [0.25, 0.3) is 0 Å². The highest BCUT2D eigenvalue weighted by molar-refractivity contribution is 5.80. The smallest absolute Gasteiger partial charge is 0.195 e. The zero-order chi connectivity index (χ0) is 18.8. The third kappa shape index (κ3) is 3.06. The minimum atomic E-state index is 0.352. The number of hydrogen-bond acceptors (Lipinski definition) is 6. The molecule has 8 nitrogen and oxygen atoms in total. The third-order valence-electron chi connectivity index (χ3n) is 4.06. The van der Waals surface area contributed by atoms with Crippen molar-refractivity contribution in [1.82, 2.24) is 34.1 Å². The normalized spacial score (nSPS) is 10.8. The van der Waals surface area contributed by atoms with Gasteiger partial charge in [0.05, 0.1) is 12.1 Å². The van der Waals surface area contributed by atoms with Gasteiger partial charge in [-0.2, -0.15) is 5.26 Å². The van der Waals surface area contributed by atoms with E-state index in [1.807, 2.05) is 28.3 Å². The lowest BCUT2D eigenvalue weighted by Gasteiger charge is -2.11. The second-order valence-corrected chi connectivity index (χ2v) is 6.16. The third-order valence-corrected chi connectivity index (χ3v) is 4.06. The first-order valence-corrected chi connectivity index (χ1v) is 8.34. The van der Waals surface area contributed by atoms with Crippen LogP contribution in [0.1, 0.15) is 18.4 Å². The molecule has 8 heteroatoms. The predicted molar refractivity (Wildman–Crippen MR) is 99.4 cm³/mol. The van der Waals surface area contributed by atoms with E-state index in [1.165, 1.54) is 0 Å². The van der Waals surface area contributed by atoms with E-state index >= 15 is 0 Å². The molecular formula is C19H16N8. The molecule has 0 spiro atoms. The van der Waals surface area contributed by atoms with Crippen molar-refractivity contribution < 1.29 is 0 Å². The summed E-state index contributed by atoms with van der Waals surface area (Å²) in [6, 6.07) is 5.72. The van der Waals surface area contributed by atoms with E-state index in [0.717, 1.165) is 22.4 Å². The fourth-order valence-electron chi connectivity index (χ4n) is 2.98. The van der Waals surface area contributed by atoms with Crippen LogP contribution in [0.25, 0.3) is 22.7 Å². The quantitative estimate of drug-likeness (QED) is 0.510. The largest absolute Gasteiger partial charge is 0.321 e. The fraction of sp³-hybridized carbons (Fsp3) is 0.158. The Morgan fingerprint density at radius 3 is 2.70 bits per heavy atom. The molecule has 27 heavy (non-hydrogen) atoms. The molecule has 0 radical (unpaired) electrons. The zero-order valence-corrected chi connectivity index (χ0v) is 14.7. The molecule has 4 aromatic rings. The van der Waals surface area contributed by atoms with Crippen LogP contribution < -0.4 is 0 Å². The summed E-state index contributed by atoms with van der Waals surface area (Å²) in [4.78, 5) is 21.8. The van der Waals surface area contributed by atoms with Gasteiger partial charge in [-0.15, -0.1) is 0 Å². The standard InChI is InChI=1S/C19H16N8/c1-13(2)11-27-16(25-14-4-7-21-15(10-20)17(14)27)12-26-9-8-24-19(26)18-22-5-3-6-23-18/h3-9H,1,11-12H2,2H3. The number of hydrogen-bond donors (Lipinski definition) is 0. The predicted octanol–water partition coefficient (Wildman–Crippen LogP) is 2.58. The molecule has 0 amide bonds. The molecule has 4 rings (SSSR count). The Bertz CT molecular complexity index is 1160. The number of imidazole rings is 2. The lowest BCUT2D eigenvalue weighted by Crippen LogP contribution is -2.11. The number of aromatic nitrogens is 7. The van der Waals surface area contributed by atoms with Gasteiger partial charge in [-0.3, -0.25) is 0 Å². The topological polar surface area (TPSA) is 98.1 Å². The van der Waals surface area contributed by atoms with E-state index in [2.05, 4.69) is 32.6 Å². The molecule has 0 bridgehead atoms.